The van der Waals surface area contributed by atoms with Crippen LogP contribution in [-0.4, -0.2) is 35.1 Å². The summed E-state index contributed by atoms with van der Waals surface area (Å²) < 4.78 is 47.6. The average molecular weight is 432 g/mol. The van der Waals surface area contributed by atoms with Gasteiger partial charge in [-0.3, -0.25) is 9.59 Å². The number of halogens is 3. The Bertz CT molecular complexity index is 784. The van der Waals surface area contributed by atoms with Crippen molar-refractivity contribution in [2.24, 2.45) is 0 Å². The van der Waals surface area contributed by atoms with Crippen molar-refractivity contribution < 1.29 is 42.1 Å². The van der Waals surface area contributed by atoms with Crippen LogP contribution in [0.15, 0.2) is 41.3 Å². The normalized spacial score (nSPS) is 15.1. The number of hydrogen-bond acceptors (Lipinski definition) is 6. The molecule has 29 heavy (non-hydrogen) atoms. The number of rotatable bonds is 9. The van der Waals surface area contributed by atoms with Gasteiger partial charge in [-0.15, -0.1) is 0 Å². The molecule has 0 amide bonds. The molecule has 1 aliphatic rings. The molecule has 2 rings (SSSR count). The number of carboxylic acid groups (broad SMARTS) is 1. The fourth-order valence-electron chi connectivity index (χ4n) is 2.74. The predicted molar refractivity (Wildman–Crippen MR) is 96.9 cm³/mol. The first-order valence-electron chi connectivity index (χ1n) is 8.65. The van der Waals surface area contributed by atoms with Crippen LogP contribution in [-0.2, 0) is 29.5 Å². The summed E-state index contributed by atoms with van der Waals surface area (Å²) in [5.74, 6) is -2.74. The van der Waals surface area contributed by atoms with Crippen LogP contribution in [0.4, 0.5) is 13.2 Å². The van der Waals surface area contributed by atoms with Gasteiger partial charge < -0.3 is 14.6 Å². The first-order chi connectivity index (χ1) is 13.5. The van der Waals surface area contributed by atoms with Crippen molar-refractivity contribution in [3.8, 4) is 0 Å². The Kier molecular flexibility index (Phi) is 7.34. The number of ether oxygens (including phenoxy) is 2. The molecular formula is C19H19F3O6S. The molecule has 0 saturated heterocycles. The molecule has 10 heteroatoms. The molecule has 0 unspecified atom stereocenters. The summed E-state index contributed by atoms with van der Waals surface area (Å²) in [5.41, 5.74) is -4.92. The molecule has 1 aromatic carbocycles. The molecule has 0 spiro atoms. The Morgan fingerprint density at radius 1 is 1.17 bits per heavy atom. The predicted octanol–water partition coefficient (Wildman–Crippen LogP) is 4.19. The van der Waals surface area contributed by atoms with Gasteiger partial charge in [0.05, 0.1) is 12.8 Å². The summed E-state index contributed by atoms with van der Waals surface area (Å²) in [5, 5.41) is 8.51. The number of esters is 2. The number of hydrogen-bond donors (Lipinski definition) is 1. The number of benzene rings is 1. The summed E-state index contributed by atoms with van der Waals surface area (Å²) in [6.45, 7) is 3.11. The lowest BCUT2D eigenvalue weighted by Crippen LogP contribution is -2.39. The summed E-state index contributed by atoms with van der Waals surface area (Å²) in [7, 11) is 0. The SMILES string of the molecule is C=C(CC(=O)OC1(c2ccc(SC(F)(F)F)cc2)CCC1)C(=O)OCCC(=O)O. The molecule has 0 bridgehead atoms. The maximum Gasteiger partial charge on any atom is 0.446 e. The van der Waals surface area contributed by atoms with Crippen LogP contribution in [0, 0.1) is 0 Å². The highest BCUT2D eigenvalue weighted by atomic mass is 32.2. The van der Waals surface area contributed by atoms with E-state index in [1.165, 1.54) is 24.3 Å². The summed E-state index contributed by atoms with van der Waals surface area (Å²) in [6.07, 6.45) is 1.01. The zero-order valence-electron chi connectivity index (χ0n) is 15.3. The van der Waals surface area contributed by atoms with E-state index in [1.54, 1.807) is 0 Å². The van der Waals surface area contributed by atoms with Gasteiger partial charge in [-0.05, 0) is 48.7 Å². The Balaban J connectivity index is 1.94. The first kappa shape index (κ1) is 22.8. The van der Waals surface area contributed by atoms with Crippen molar-refractivity contribution in [1.82, 2.24) is 0 Å². The monoisotopic (exact) mass is 432 g/mol. The lowest BCUT2D eigenvalue weighted by Gasteiger charge is -2.41. The van der Waals surface area contributed by atoms with Crippen LogP contribution in [0.2, 0.25) is 0 Å². The Hall–Kier alpha value is -2.49. The maximum atomic E-state index is 12.4. The smallest absolute Gasteiger partial charge is 0.446 e. The minimum absolute atomic E-state index is 0.0273. The van der Waals surface area contributed by atoms with E-state index in [0.717, 1.165) is 6.42 Å². The second kappa shape index (κ2) is 9.34. The molecule has 158 valence electrons. The second-order valence-corrected chi connectivity index (χ2v) is 7.59. The zero-order valence-corrected chi connectivity index (χ0v) is 16.1. The van der Waals surface area contributed by atoms with Gasteiger partial charge in [-0.2, -0.15) is 13.2 Å². The van der Waals surface area contributed by atoms with Crippen molar-refractivity contribution in [3.05, 3.63) is 42.0 Å². The number of aliphatic carboxylic acids is 1. The van der Waals surface area contributed by atoms with Gasteiger partial charge in [0, 0.05) is 10.5 Å². The molecule has 0 aromatic heterocycles. The van der Waals surface area contributed by atoms with Crippen LogP contribution >= 0.6 is 11.8 Å². The quantitative estimate of drug-likeness (QED) is 0.356. The van der Waals surface area contributed by atoms with Crippen molar-refractivity contribution >= 4 is 29.7 Å². The number of carboxylic acids is 1. The van der Waals surface area contributed by atoms with Gasteiger partial charge in [-0.25, -0.2) is 4.79 Å². The molecule has 0 aliphatic heterocycles. The van der Waals surface area contributed by atoms with E-state index in [1.807, 2.05) is 0 Å². The van der Waals surface area contributed by atoms with Gasteiger partial charge in [0.1, 0.15) is 12.2 Å². The molecule has 1 saturated carbocycles. The van der Waals surface area contributed by atoms with Gasteiger partial charge in [-0.1, -0.05) is 18.7 Å². The topological polar surface area (TPSA) is 89.9 Å². The highest BCUT2D eigenvalue weighted by molar-refractivity contribution is 8.00. The van der Waals surface area contributed by atoms with Gasteiger partial charge in [0.2, 0.25) is 0 Å². The molecule has 0 heterocycles. The highest BCUT2D eigenvalue weighted by Gasteiger charge is 2.43. The van der Waals surface area contributed by atoms with Crippen LogP contribution in [0.3, 0.4) is 0 Å². The van der Waals surface area contributed by atoms with E-state index < -0.39 is 35.4 Å². The van der Waals surface area contributed by atoms with E-state index >= 15 is 0 Å². The van der Waals surface area contributed by atoms with Crippen molar-refractivity contribution in [1.29, 1.82) is 0 Å². The number of carbonyl (C=O) groups is 3. The molecular weight excluding hydrogens is 413 g/mol. The minimum atomic E-state index is -4.39. The molecule has 0 radical (unpaired) electrons. The summed E-state index contributed by atoms with van der Waals surface area (Å²) in [4.78, 5) is 34.4. The van der Waals surface area contributed by atoms with Gasteiger partial charge in [0.15, 0.2) is 0 Å². The lowest BCUT2D eigenvalue weighted by atomic mass is 9.75. The Morgan fingerprint density at radius 2 is 1.79 bits per heavy atom. The fourth-order valence-corrected chi connectivity index (χ4v) is 3.28. The molecule has 0 atom stereocenters. The zero-order chi connectivity index (χ0) is 21.7. The molecule has 1 fully saturated rings. The Labute approximate surface area is 169 Å². The molecule has 1 N–H and O–H groups in total. The van der Waals surface area contributed by atoms with E-state index in [0.29, 0.717) is 18.4 Å². The van der Waals surface area contributed by atoms with Gasteiger partial charge >= 0.3 is 23.4 Å². The molecule has 6 nitrogen and oxygen atoms in total. The van der Waals surface area contributed by atoms with E-state index in [2.05, 4.69) is 6.58 Å². The summed E-state index contributed by atoms with van der Waals surface area (Å²) in [6, 6.07) is 5.63. The van der Waals surface area contributed by atoms with Gasteiger partial charge in [0.25, 0.3) is 0 Å². The maximum absolute atomic E-state index is 12.4. The fraction of sp³-hybridized carbons (Fsp3) is 0.421. The van der Waals surface area contributed by atoms with Crippen molar-refractivity contribution in [3.63, 3.8) is 0 Å². The second-order valence-electron chi connectivity index (χ2n) is 6.45. The lowest BCUT2D eigenvalue weighted by molar-refractivity contribution is -0.171. The number of thioether (sulfide) groups is 1. The highest BCUT2D eigenvalue weighted by Crippen LogP contribution is 2.46. The van der Waals surface area contributed by atoms with E-state index in [-0.39, 0.29) is 35.3 Å². The van der Waals surface area contributed by atoms with E-state index in [4.69, 9.17) is 14.6 Å². The van der Waals surface area contributed by atoms with Crippen LogP contribution in [0.25, 0.3) is 0 Å². The first-order valence-corrected chi connectivity index (χ1v) is 9.47. The molecule has 1 aromatic rings. The number of carbonyl (C=O) groups excluding carboxylic acids is 2. The number of alkyl halides is 3. The third kappa shape index (κ3) is 6.81. The third-order valence-corrected chi connectivity index (χ3v) is 5.02. The largest absolute Gasteiger partial charge is 0.481 e. The van der Waals surface area contributed by atoms with Crippen molar-refractivity contribution in [2.45, 2.75) is 48.1 Å². The van der Waals surface area contributed by atoms with Crippen molar-refractivity contribution in [2.75, 3.05) is 6.61 Å². The van der Waals surface area contributed by atoms with Crippen LogP contribution in [0.1, 0.15) is 37.7 Å². The van der Waals surface area contributed by atoms with E-state index in [9.17, 15) is 27.6 Å². The van der Waals surface area contributed by atoms with Crippen LogP contribution < -0.4 is 0 Å². The molecule has 1 aliphatic carbocycles. The minimum Gasteiger partial charge on any atom is -0.481 e. The standard InChI is InChI=1S/C19H19F3O6S/c1-12(17(26)27-10-7-15(23)24)11-16(25)28-18(8-2-9-18)13-3-5-14(6-4-13)29-19(20,21)22/h3-6H,1-2,7-11H2,(H,23,24). The summed E-state index contributed by atoms with van der Waals surface area (Å²) >= 11 is -0.228. The third-order valence-electron chi connectivity index (χ3n) is 4.28. The Morgan fingerprint density at radius 3 is 2.28 bits per heavy atom. The average Bonchev–Trinajstić information content (AvgIpc) is 2.57. The van der Waals surface area contributed by atoms with Crippen LogP contribution in [0.5, 0.6) is 0 Å².